The summed E-state index contributed by atoms with van der Waals surface area (Å²) in [5, 5.41) is 21.7. The van der Waals surface area contributed by atoms with Crippen LogP contribution in [0.15, 0.2) is 22.7 Å². The number of aliphatic hydroxyl groups is 1. The second-order valence-corrected chi connectivity index (χ2v) is 6.24. The van der Waals surface area contributed by atoms with Gasteiger partial charge in [-0.1, -0.05) is 19.9 Å². The molecule has 0 aromatic heterocycles. The third-order valence-corrected chi connectivity index (χ3v) is 3.59. The monoisotopic (exact) mass is 315 g/mol. The molecule has 18 heavy (non-hydrogen) atoms. The van der Waals surface area contributed by atoms with Crippen LogP contribution in [-0.4, -0.2) is 23.4 Å². The first kappa shape index (κ1) is 15.5. The number of hydrogen-bond donors (Lipinski definition) is 3. The molecule has 0 saturated carbocycles. The lowest BCUT2D eigenvalue weighted by molar-refractivity contribution is 0.236. The number of halogens is 1. The smallest absolute Gasteiger partial charge is 0.129 e. The molecule has 0 saturated heterocycles. The van der Waals surface area contributed by atoms with Gasteiger partial charge in [-0.3, -0.25) is 0 Å². The lowest BCUT2D eigenvalue weighted by Crippen LogP contribution is -2.29. The highest BCUT2D eigenvalue weighted by atomic mass is 79.9. The zero-order valence-corrected chi connectivity index (χ0v) is 12.6. The van der Waals surface area contributed by atoms with Gasteiger partial charge in [-0.05, 0) is 51.9 Å². The number of hydrogen-bond acceptors (Lipinski definition) is 3. The number of rotatable bonds is 7. The molecule has 0 aliphatic rings. The van der Waals surface area contributed by atoms with Crippen molar-refractivity contribution in [2.75, 3.05) is 13.2 Å². The molecule has 3 N–H and O–H groups in total. The molecule has 0 fully saturated rings. The van der Waals surface area contributed by atoms with Crippen molar-refractivity contribution in [3.05, 3.63) is 28.2 Å². The molecular weight excluding hydrogens is 294 g/mol. The molecule has 4 heteroatoms. The van der Waals surface area contributed by atoms with E-state index in [-0.39, 0.29) is 17.8 Å². The van der Waals surface area contributed by atoms with Gasteiger partial charge in [0.05, 0.1) is 4.47 Å². The molecule has 1 aromatic carbocycles. The van der Waals surface area contributed by atoms with Crippen molar-refractivity contribution in [2.45, 2.75) is 33.2 Å². The van der Waals surface area contributed by atoms with Crippen LogP contribution in [0.4, 0.5) is 0 Å². The zero-order valence-electron chi connectivity index (χ0n) is 11.0. The average molecular weight is 316 g/mol. The van der Waals surface area contributed by atoms with E-state index in [0.29, 0.717) is 0 Å². The number of phenolic OH excluding ortho intramolecular Hbond substituents is 1. The molecule has 0 heterocycles. The van der Waals surface area contributed by atoms with Crippen molar-refractivity contribution in [1.82, 2.24) is 5.32 Å². The molecule has 0 spiro atoms. The Morgan fingerprint density at radius 2 is 2.06 bits per heavy atom. The fraction of sp³-hybridized carbons (Fsp3) is 0.571. The standard InChI is InChI=1S/C14H22BrNO2/c1-14(2,6-3-7-17)10-16-9-11-4-5-13(18)12(15)8-11/h4-5,8,16-18H,3,6-7,9-10H2,1-2H3. The maximum atomic E-state index is 9.40. The van der Waals surface area contributed by atoms with Gasteiger partial charge in [-0.2, -0.15) is 0 Å². The molecule has 0 aliphatic heterocycles. The normalized spacial score (nSPS) is 11.8. The Hall–Kier alpha value is -0.580. The Morgan fingerprint density at radius 1 is 1.33 bits per heavy atom. The van der Waals surface area contributed by atoms with Gasteiger partial charge in [0.1, 0.15) is 5.75 Å². The Kier molecular flexibility index (Phi) is 6.12. The van der Waals surface area contributed by atoms with Crippen LogP contribution in [0.5, 0.6) is 5.75 Å². The van der Waals surface area contributed by atoms with Crippen LogP contribution in [0.2, 0.25) is 0 Å². The summed E-state index contributed by atoms with van der Waals surface area (Å²) in [5.41, 5.74) is 1.33. The van der Waals surface area contributed by atoms with Gasteiger partial charge < -0.3 is 15.5 Å². The van der Waals surface area contributed by atoms with E-state index in [1.165, 1.54) is 0 Å². The average Bonchev–Trinajstić information content (AvgIpc) is 2.31. The predicted octanol–water partition coefficient (Wildman–Crippen LogP) is 3.04. The van der Waals surface area contributed by atoms with Crippen LogP contribution in [-0.2, 0) is 6.54 Å². The summed E-state index contributed by atoms with van der Waals surface area (Å²) in [6.07, 6.45) is 1.86. The summed E-state index contributed by atoms with van der Waals surface area (Å²) in [5.74, 6) is 0.266. The quantitative estimate of drug-likeness (QED) is 0.725. The van der Waals surface area contributed by atoms with Crippen LogP contribution < -0.4 is 5.32 Å². The Labute approximate surface area is 117 Å². The first-order chi connectivity index (χ1) is 8.44. The van der Waals surface area contributed by atoms with Gasteiger partial charge in [0, 0.05) is 19.7 Å². The van der Waals surface area contributed by atoms with Gasteiger partial charge in [-0.15, -0.1) is 0 Å². The molecular formula is C14H22BrNO2. The van der Waals surface area contributed by atoms with E-state index in [2.05, 4.69) is 35.1 Å². The molecule has 0 radical (unpaired) electrons. The Morgan fingerprint density at radius 3 is 2.67 bits per heavy atom. The highest BCUT2D eigenvalue weighted by Crippen LogP contribution is 2.24. The number of aliphatic hydroxyl groups excluding tert-OH is 1. The topological polar surface area (TPSA) is 52.5 Å². The first-order valence-corrected chi connectivity index (χ1v) is 7.03. The van der Waals surface area contributed by atoms with Crippen molar-refractivity contribution in [2.24, 2.45) is 5.41 Å². The molecule has 3 nitrogen and oxygen atoms in total. The van der Waals surface area contributed by atoms with Crippen molar-refractivity contribution in [1.29, 1.82) is 0 Å². The van der Waals surface area contributed by atoms with Gasteiger partial charge in [0.2, 0.25) is 0 Å². The molecule has 0 aliphatic carbocycles. The van der Waals surface area contributed by atoms with Crippen molar-refractivity contribution < 1.29 is 10.2 Å². The minimum atomic E-state index is 0.191. The van der Waals surface area contributed by atoms with Crippen molar-refractivity contribution >= 4 is 15.9 Å². The van der Waals surface area contributed by atoms with Crippen LogP contribution in [0.3, 0.4) is 0 Å². The molecule has 0 bridgehead atoms. The van der Waals surface area contributed by atoms with Gasteiger partial charge in [0.15, 0.2) is 0 Å². The van der Waals surface area contributed by atoms with Crippen LogP contribution in [0.25, 0.3) is 0 Å². The molecule has 1 aromatic rings. The van der Waals surface area contributed by atoms with E-state index in [9.17, 15) is 5.11 Å². The summed E-state index contributed by atoms with van der Waals surface area (Å²) in [6.45, 7) is 6.34. The summed E-state index contributed by atoms with van der Waals surface area (Å²) in [6, 6.07) is 5.52. The fourth-order valence-electron chi connectivity index (χ4n) is 1.85. The fourth-order valence-corrected chi connectivity index (χ4v) is 2.28. The molecule has 1 rings (SSSR count). The minimum absolute atomic E-state index is 0.191. The van der Waals surface area contributed by atoms with E-state index in [4.69, 9.17) is 5.11 Å². The van der Waals surface area contributed by atoms with E-state index in [1.807, 2.05) is 12.1 Å². The zero-order chi connectivity index (χ0) is 13.6. The number of phenols is 1. The van der Waals surface area contributed by atoms with E-state index in [1.54, 1.807) is 6.07 Å². The highest BCUT2D eigenvalue weighted by molar-refractivity contribution is 9.10. The maximum absolute atomic E-state index is 9.40. The number of benzene rings is 1. The molecule has 102 valence electrons. The summed E-state index contributed by atoms with van der Waals surface area (Å²) in [4.78, 5) is 0. The van der Waals surface area contributed by atoms with Crippen LogP contribution in [0, 0.1) is 5.41 Å². The van der Waals surface area contributed by atoms with E-state index < -0.39 is 0 Å². The highest BCUT2D eigenvalue weighted by Gasteiger charge is 2.16. The van der Waals surface area contributed by atoms with Crippen molar-refractivity contribution in [3.8, 4) is 5.75 Å². The van der Waals surface area contributed by atoms with Gasteiger partial charge in [0.25, 0.3) is 0 Å². The SMILES string of the molecule is CC(C)(CCCO)CNCc1ccc(O)c(Br)c1. The minimum Gasteiger partial charge on any atom is -0.507 e. The van der Waals surface area contributed by atoms with Crippen molar-refractivity contribution in [3.63, 3.8) is 0 Å². The summed E-state index contributed by atoms with van der Waals surface area (Å²) >= 11 is 3.31. The molecule has 0 unspecified atom stereocenters. The largest absolute Gasteiger partial charge is 0.507 e. The second-order valence-electron chi connectivity index (χ2n) is 5.38. The maximum Gasteiger partial charge on any atom is 0.129 e. The van der Waals surface area contributed by atoms with Crippen LogP contribution in [0.1, 0.15) is 32.3 Å². The Balaban J connectivity index is 2.39. The van der Waals surface area contributed by atoms with Gasteiger partial charge in [-0.25, -0.2) is 0 Å². The Bertz CT molecular complexity index is 380. The van der Waals surface area contributed by atoms with Crippen LogP contribution >= 0.6 is 15.9 Å². The lowest BCUT2D eigenvalue weighted by Gasteiger charge is -2.24. The predicted molar refractivity (Wildman–Crippen MR) is 77.6 cm³/mol. The number of nitrogens with one attached hydrogen (secondary N) is 1. The lowest BCUT2D eigenvalue weighted by atomic mass is 9.88. The van der Waals surface area contributed by atoms with E-state index in [0.717, 1.165) is 36.0 Å². The second kappa shape index (κ2) is 7.12. The van der Waals surface area contributed by atoms with Gasteiger partial charge >= 0.3 is 0 Å². The first-order valence-electron chi connectivity index (χ1n) is 6.23. The third kappa shape index (κ3) is 5.38. The molecule has 0 amide bonds. The summed E-state index contributed by atoms with van der Waals surface area (Å²) < 4.78 is 0.723. The third-order valence-electron chi connectivity index (χ3n) is 2.96. The van der Waals surface area contributed by atoms with E-state index >= 15 is 0 Å². The molecule has 0 atom stereocenters. The summed E-state index contributed by atoms with van der Waals surface area (Å²) in [7, 11) is 0. The number of aromatic hydroxyl groups is 1.